The van der Waals surface area contributed by atoms with Crippen LogP contribution < -0.4 is 5.32 Å². The van der Waals surface area contributed by atoms with Gasteiger partial charge in [-0.3, -0.25) is 14.0 Å². The van der Waals surface area contributed by atoms with Gasteiger partial charge in [-0.2, -0.15) is 0 Å². The van der Waals surface area contributed by atoms with Crippen molar-refractivity contribution in [3.63, 3.8) is 0 Å². The van der Waals surface area contributed by atoms with Gasteiger partial charge in [0.15, 0.2) is 0 Å². The van der Waals surface area contributed by atoms with Gasteiger partial charge in [0.1, 0.15) is 16.3 Å². The summed E-state index contributed by atoms with van der Waals surface area (Å²) in [6, 6.07) is 5.50. The molecule has 0 saturated carbocycles. The fourth-order valence-electron chi connectivity index (χ4n) is 3.63. The largest absolute Gasteiger partial charge is 0.465 e. The molecule has 0 spiro atoms. The van der Waals surface area contributed by atoms with Gasteiger partial charge in [0.25, 0.3) is 5.91 Å². The first kappa shape index (κ1) is 19.1. The Morgan fingerprint density at radius 1 is 1.28 bits per heavy atom. The molecule has 2 amide bonds. The quantitative estimate of drug-likeness (QED) is 0.668. The van der Waals surface area contributed by atoms with Gasteiger partial charge >= 0.3 is 5.97 Å². The van der Waals surface area contributed by atoms with Crippen LogP contribution in [0.1, 0.15) is 43.9 Å². The Bertz CT molecular complexity index is 1150. The lowest BCUT2D eigenvalue weighted by Gasteiger charge is -2.25. The fraction of sp³-hybridized carbons (Fsp3) is 0.300. The summed E-state index contributed by atoms with van der Waals surface area (Å²) < 4.78 is 6.68. The van der Waals surface area contributed by atoms with Crippen molar-refractivity contribution in [1.82, 2.24) is 14.3 Å². The first-order valence-electron chi connectivity index (χ1n) is 9.14. The number of aryl methyl sites for hydroxylation is 1. The molecule has 1 aliphatic heterocycles. The Balaban J connectivity index is 1.73. The van der Waals surface area contributed by atoms with E-state index in [0.29, 0.717) is 47.1 Å². The highest BCUT2D eigenvalue weighted by atomic mass is 32.1. The standard InChI is InChI=1S/C20H20N4O4S/c1-11-17(24-8-5-4-6-15(24)21-11)18(26)22-19-16(20(27)28-3)13-7-9-23(12(2)25)10-14(13)29-19/h4-6,8H,7,9-10H2,1-3H3,(H,22,26). The van der Waals surface area contributed by atoms with E-state index in [4.69, 9.17) is 4.74 Å². The SMILES string of the molecule is COC(=O)c1c(NC(=O)c2c(C)nc3ccccn23)sc2c1CCN(C(C)=O)C2. The molecule has 0 atom stereocenters. The van der Waals surface area contributed by atoms with Gasteiger partial charge in [-0.05, 0) is 31.0 Å². The molecular weight excluding hydrogens is 392 g/mol. The second kappa shape index (κ2) is 7.32. The summed E-state index contributed by atoms with van der Waals surface area (Å²) in [5.41, 5.74) is 2.89. The number of nitrogens with zero attached hydrogens (tertiary/aromatic N) is 3. The molecule has 3 aromatic rings. The Labute approximate surface area is 171 Å². The van der Waals surface area contributed by atoms with E-state index >= 15 is 0 Å². The third kappa shape index (κ3) is 3.27. The summed E-state index contributed by atoms with van der Waals surface area (Å²) in [5, 5.41) is 3.31. The van der Waals surface area contributed by atoms with Crippen molar-refractivity contribution in [1.29, 1.82) is 0 Å². The van der Waals surface area contributed by atoms with Crippen molar-refractivity contribution in [3.8, 4) is 0 Å². The number of carbonyl (C=O) groups is 3. The van der Waals surface area contributed by atoms with Crippen LogP contribution in [0.15, 0.2) is 24.4 Å². The van der Waals surface area contributed by atoms with Crippen LogP contribution >= 0.6 is 11.3 Å². The molecule has 0 aliphatic carbocycles. The van der Waals surface area contributed by atoms with Crippen LogP contribution in [-0.2, 0) is 22.5 Å². The second-order valence-corrected chi connectivity index (χ2v) is 7.92. The molecule has 150 valence electrons. The van der Waals surface area contributed by atoms with Crippen molar-refractivity contribution in [2.45, 2.75) is 26.8 Å². The van der Waals surface area contributed by atoms with E-state index in [9.17, 15) is 14.4 Å². The third-order valence-corrected chi connectivity index (χ3v) is 6.17. The zero-order valence-electron chi connectivity index (χ0n) is 16.3. The Hall–Kier alpha value is -3.20. The van der Waals surface area contributed by atoms with Gasteiger partial charge in [-0.15, -0.1) is 11.3 Å². The van der Waals surface area contributed by atoms with Gasteiger partial charge in [0.05, 0.1) is 24.9 Å². The normalized spacial score (nSPS) is 13.3. The molecule has 1 aliphatic rings. The number of esters is 1. The number of aromatic nitrogens is 2. The van der Waals surface area contributed by atoms with Crippen LogP contribution in [0.3, 0.4) is 0 Å². The molecule has 0 aromatic carbocycles. The topological polar surface area (TPSA) is 93.0 Å². The Morgan fingerprint density at radius 2 is 2.07 bits per heavy atom. The van der Waals surface area contributed by atoms with E-state index in [-0.39, 0.29) is 11.8 Å². The zero-order chi connectivity index (χ0) is 20.7. The van der Waals surface area contributed by atoms with Gasteiger partial charge in [0, 0.05) is 24.5 Å². The maximum absolute atomic E-state index is 13.1. The lowest BCUT2D eigenvalue weighted by molar-refractivity contribution is -0.129. The summed E-state index contributed by atoms with van der Waals surface area (Å²) in [6.07, 6.45) is 2.32. The molecule has 1 N–H and O–H groups in total. The molecule has 29 heavy (non-hydrogen) atoms. The minimum absolute atomic E-state index is 0.0180. The first-order valence-corrected chi connectivity index (χ1v) is 9.95. The molecule has 0 bridgehead atoms. The van der Waals surface area contributed by atoms with E-state index in [1.165, 1.54) is 25.4 Å². The summed E-state index contributed by atoms with van der Waals surface area (Å²) in [4.78, 5) is 44.3. The zero-order valence-corrected chi connectivity index (χ0v) is 17.1. The molecule has 0 radical (unpaired) electrons. The monoisotopic (exact) mass is 412 g/mol. The highest BCUT2D eigenvalue weighted by Crippen LogP contribution is 2.38. The number of amides is 2. The van der Waals surface area contributed by atoms with Crippen molar-refractivity contribution in [2.24, 2.45) is 0 Å². The third-order valence-electron chi connectivity index (χ3n) is 5.04. The van der Waals surface area contributed by atoms with E-state index in [1.807, 2.05) is 18.2 Å². The first-order chi connectivity index (χ1) is 13.9. The van der Waals surface area contributed by atoms with Gasteiger partial charge in [-0.25, -0.2) is 9.78 Å². The molecule has 4 rings (SSSR count). The lowest BCUT2D eigenvalue weighted by Crippen LogP contribution is -2.33. The molecule has 0 fully saturated rings. The molecule has 0 saturated heterocycles. The number of hydrogen-bond acceptors (Lipinski definition) is 6. The average molecular weight is 412 g/mol. The molecule has 0 unspecified atom stereocenters. The van der Waals surface area contributed by atoms with Crippen LogP contribution in [0.25, 0.3) is 5.65 Å². The number of ether oxygens (including phenoxy) is 1. The number of hydrogen-bond donors (Lipinski definition) is 1. The highest BCUT2D eigenvalue weighted by molar-refractivity contribution is 7.17. The minimum Gasteiger partial charge on any atom is -0.465 e. The molecular formula is C20H20N4O4S. The molecule has 9 heteroatoms. The van der Waals surface area contributed by atoms with Crippen LogP contribution in [-0.4, -0.2) is 45.7 Å². The summed E-state index contributed by atoms with van der Waals surface area (Å²) in [7, 11) is 1.32. The average Bonchev–Trinajstić information content (AvgIpc) is 3.22. The molecule has 8 nitrogen and oxygen atoms in total. The summed E-state index contributed by atoms with van der Waals surface area (Å²) >= 11 is 1.31. The van der Waals surface area contributed by atoms with Crippen molar-refractivity contribution < 1.29 is 19.1 Å². The van der Waals surface area contributed by atoms with Crippen LogP contribution in [0.4, 0.5) is 5.00 Å². The Kier molecular flexibility index (Phi) is 4.83. The smallest absolute Gasteiger partial charge is 0.341 e. The summed E-state index contributed by atoms with van der Waals surface area (Å²) in [6.45, 7) is 4.25. The van der Waals surface area contributed by atoms with Gasteiger partial charge < -0.3 is 15.0 Å². The van der Waals surface area contributed by atoms with Crippen LogP contribution in [0.5, 0.6) is 0 Å². The van der Waals surface area contributed by atoms with Crippen molar-refractivity contribution in [2.75, 3.05) is 19.0 Å². The number of carbonyl (C=O) groups excluding carboxylic acids is 3. The molecule has 4 heterocycles. The number of imidazole rings is 1. The summed E-state index contributed by atoms with van der Waals surface area (Å²) in [5.74, 6) is -0.868. The maximum Gasteiger partial charge on any atom is 0.341 e. The molecule has 3 aromatic heterocycles. The van der Waals surface area contributed by atoms with E-state index in [1.54, 1.807) is 22.4 Å². The minimum atomic E-state index is -0.496. The van der Waals surface area contributed by atoms with E-state index < -0.39 is 5.97 Å². The van der Waals surface area contributed by atoms with E-state index in [2.05, 4.69) is 10.3 Å². The van der Waals surface area contributed by atoms with E-state index in [0.717, 1.165) is 10.4 Å². The van der Waals surface area contributed by atoms with Crippen molar-refractivity contribution >= 4 is 39.8 Å². The van der Waals surface area contributed by atoms with Crippen LogP contribution in [0.2, 0.25) is 0 Å². The number of methoxy groups -OCH3 is 1. The number of pyridine rings is 1. The van der Waals surface area contributed by atoms with Crippen LogP contribution in [0, 0.1) is 6.92 Å². The Morgan fingerprint density at radius 3 is 2.79 bits per heavy atom. The predicted octanol–water partition coefficient (Wildman–Crippen LogP) is 2.65. The number of fused-ring (bicyclic) bond motifs is 2. The number of nitrogens with one attached hydrogen (secondary N) is 1. The number of thiophene rings is 1. The van der Waals surface area contributed by atoms with Crippen molar-refractivity contribution in [3.05, 3.63) is 51.8 Å². The highest BCUT2D eigenvalue weighted by Gasteiger charge is 2.30. The number of anilines is 1. The number of rotatable bonds is 3. The lowest BCUT2D eigenvalue weighted by atomic mass is 10.0. The fourth-order valence-corrected chi connectivity index (χ4v) is 4.87. The second-order valence-electron chi connectivity index (χ2n) is 6.82. The maximum atomic E-state index is 13.1. The van der Waals surface area contributed by atoms with Gasteiger partial charge in [0.2, 0.25) is 5.91 Å². The predicted molar refractivity (Wildman–Crippen MR) is 108 cm³/mol. The van der Waals surface area contributed by atoms with Gasteiger partial charge in [-0.1, -0.05) is 6.07 Å².